The lowest BCUT2D eigenvalue weighted by atomic mass is 9.88. The number of nitrogens with zero attached hydrogens (tertiary/aromatic N) is 4. The highest BCUT2D eigenvalue weighted by molar-refractivity contribution is 5.89. The molecule has 2 aliphatic heterocycles. The van der Waals surface area contributed by atoms with Gasteiger partial charge in [0.15, 0.2) is 11.6 Å². The number of pyridine rings is 1. The number of aromatic nitrogens is 1. The van der Waals surface area contributed by atoms with Crippen molar-refractivity contribution in [1.29, 1.82) is 0 Å². The molecule has 0 spiro atoms. The summed E-state index contributed by atoms with van der Waals surface area (Å²) in [6, 6.07) is 1.28. The van der Waals surface area contributed by atoms with E-state index in [4.69, 9.17) is 4.74 Å². The number of rotatable bonds is 5. The van der Waals surface area contributed by atoms with E-state index >= 15 is 0 Å². The second-order valence-electron chi connectivity index (χ2n) is 8.70. The molecule has 0 unspecified atom stereocenters. The first-order chi connectivity index (χ1) is 15.4. The number of anilines is 2. The van der Waals surface area contributed by atoms with E-state index in [2.05, 4.69) is 10.3 Å². The van der Waals surface area contributed by atoms with Crippen molar-refractivity contribution in [3.05, 3.63) is 18.1 Å². The lowest BCUT2D eigenvalue weighted by Crippen LogP contribution is -2.51. The molecular weight excluding hydrogens is 417 g/mol. The molecule has 3 aliphatic rings. The number of piperazine rings is 1. The van der Waals surface area contributed by atoms with Gasteiger partial charge in [0, 0.05) is 45.1 Å². The minimum atomic E-state index is -0.593. The van der Waals surface area contributed by atoms with Gasteiger partial charge in [-0.05, 0) is 12.8 Å². The zero-order valence-electron chi connectivity index (χ0n) is 18.4. The van der Waals surface area contributed by atoms with Gasteiger partial charge in [0.1, 0.15) is 6.10 Å². The summed E-state index contributed by atoms with van der Waals surface area (Å²) in [6.07, 6.45) is 5.77. The van der Waals surface area contributed by atoms with Crippen LogP contribution in [0.2, 0.25) is 0 Å². The Bertz CT molecular complexity index is 868. The molecule has 32 heavy (non-hydrogen) atoms. The molecule has 0 aromatic carbocycles. The Balaban J connectivity index is 1.34. The van der Waals surface area contributed by atoms with Gasteiger partial charge in [-0.3, -0.25) is 14.5 Å². The van der Waals surface area contributed by atoms with Crippen molar-refractivity contribution < 1.29 is 23.5 Å². The van der Waals surface area contributed by atoms with Crippen molar-refractivity contribution in [2.75, 3.05) is 49.1 Å². The van der Waals surface area contributed by atoms with E-state index in [1.807, 2.05) is 9.80 Å². The van der Waals surface area contributed by atoms with Crippen LogP contribution in [-0.2, 0) is 14.3 Å². The summed E-state index contributed by atoms with van der Waals surface area (Å²) in [5, 5.41) is 2.61. The monoisotopic (exact) mass is 447 g/mol. The highest BCUT2D eigenvalue weighted by Gasteiger charge is 2.34. The van der Waals surface area contributed by atoms with Crippen LogP contribution in [0.25, 0.3) is 0 Å². The molecule has 2 saturated heterocycles. The van der Waals surface area contributed by atoms with Crippen LogP contribution >= 0.6 is 0 Å². The van der Waals surface area contributed by atoms with Crippen molar-refractivity contribution in [2.24, 2.45) is 5.92 Å². The maximum atomic E-state index is 14.9. The van der Waals surface area contributed by atoms with Gasteiger partial charge >= 0.3 is 6.09 Å². The van der Waals surface area contributed by atoms with Gasteiger partial charge in [0.2, 0.25) is 11.8 Å². The molecule has 174 valence electrons. The molecule has 1 aromatic heterocycles. The molecule has 10 heteroatoms. The quantitative estimate of drug-likeness (QED) is 0.741. The highest BCUT2D eigenvalue weighted by atomic mass is 19.1. The normalized spacial score (nSPS) is 22.1. The average Bonchev–Trinajstić information content (AvgIpc) is 3.18. The fraction of sp³-hybridized carbons (Fsp3) is 0.636. The molecule has 1 aliphatic carbocycles. The van der Waals surface area contributed by atoms with Crippen LogP contribution in [0.1, 0.15) is 39.0 Å². The number of amides is 3. The van der Waals surface area contributed by atoms with Gasteiger partial charge in [0.05, 0.1) is 25.0 Å². The molecule has 3 heterocycles. The lowest BCUT2D eigenvalue weighted by molar-refractivity contribution is -0.136. The SMILES string of the molecule is CC(=O)NC[C@H]1CN(c2cnc(N3CCN(C(=O)C4CCCCC4)CC3)c(F)c2)C(=O)O1. The molecule has 0 radical (unpaired) electrons. The molecule has 9 nitrogen and oxygen atoms in total. The van der Waals surface area contributed by atoms with Crippen molar-refractivity contribution in [1.82, 2.24) is 15.2 Å². The summed E-state index contributed by atoms with van der Waals surface area (Å²) >= 11 is 0. The Morgan fingerprint density at radius 3 is 2.56 bits per heavy atom. The molecule has 1 saturated carbocycles. The Morgan fingerprint density at radius 1 is 1.19 bits per heavy atom. The van der Waals surface area contributed by atoms with E-state index in [1.54, 1.807) is 0 Å². The molecule has 0 bridgehead atoms. The number of hydrogen-bond acceptors (Lipinski definition) is 6. The van der Waals surface area contributed by atoms with Gasteiger partial charge in [-0.1, -0.05) is 19.3 Å². The van der Waals surface area contributed by atoms with Gasteiger partial charge < -0.3 is 19.9 Å². The van der Waals surface area contributed by atoms with E-state index in [0.29, 0.717) is 31.9 Å². The Morgan fingerprint density at radius 2 is 1.91 bits per heavy atom. The summed E-state index contributed by atoms with van der Waals surface area (Å²) in [4.78, 5) is 45.3. The average molecular weight is 448 g/mol. The van der Waals surface area contributed by atoms with Gasteiger partial charge in [0.25, 0.3) is 0 Å². The van der Waals surface area contributed by atoms with Crippen LogP contribution in [0.3, 0.4) is 0 Å². The summed E-state index contributed by atoms with van der Waals surface area (Å²) in [5.74, 6) is -0.140. The Kier molecular flexibility index (Phi) is 6.76. The number of nitrogens with one attached hydrogen (secondary N) is 1. The molecular formula is C22H30FN5O4. The number of ether oxygens (including phenoxy) is 1. The van der Waals surface area contributed by atoms with Crippen molar-refractivity contribution in [3.63, 3.8) is 0 Å². The predicted octanol–water partition coefficient (Wildman–Crippen LogP) is 1.91. The predicted molar refractivity (Wildman–Crippen MR) is 116 cm³/mol. The van der Waals surface area contributed by atoms with Crippen LogP contribution in [-0.4, -0.2) is 73.2 Å². The Hall–Kier alpha value is -2.91. The first kappa shape index (κ1) is 22.3. The largest absolute Gasteiger partial charge is 0.442 e. The van der Waals surface area contributed by atoms with E-state index in [0.717, 1.165) is 25.7 Å². The number of cyclic esters (lactones) is 1. The van der Waals surface area contributed by atoms with Gasteiger partial charge in [-0.15, -0.1) is 0 Å². The maximum Gasteiger partial charge on any atom is 0.414 e. The van der Waals surface area contributed by atoms with Crippen molar-refractivity contribution in [3.8, 4) is 0 Å². The number of carbonyl (C=O) groups excluding carboxylic acids is 3. The number of carbonyl (C=O) groups is 3. The standard InChI is InChI=1S/C22H30FN5O4/c1-15(29)24-13-18-14-28(22(31)32-18)17-11-19(23)20(25-12-17)26-7-9-27(10-8-26)21(30)16-5-3-2-4-6-16/h11-12,16,18H,2-10,13-14H2,1H3,(H,24,29)/t18-/m0/s1. The van der Waals surface area contributed by atoms with Crippen LogP contribution in [0.15, 0.2) is 12.3 Å². The molecule has 3 fully saturated rings. The summed E-state index contributed by atoms with van der Waals surface area (Å²) < 4.78 is 20.1. The topological polar surface area (TPSA) is 95.1 Å². The third-order valence-electron chi connectivity index (χ3n) is 6.42. The van der Waals surface area contributed by atoms with Crippen LogP contribution in [0.4, 0.5) is 20.7 Å². The minimum Gasteiger partial charge on any atom is -0.442 e. The molecule has 1 atom stereocenters. The first-order valence-corrected chi connectivity index (χ1v) is 11.3. The zero-order valence-corrected chi connectivity index (χ0v) is 18.4. The van der Waals surface area contributed by atoms with E-state index in [1.165, 1.54) is 30.5 Å². The smallest absolute Gasteiger partial charge is 0.414 e. The molecule has 4 rings (SSSR count). The fourth-order valence-corrected chi connectivity index (χ4v) is 4.64. The first-order valence-electron chi connectivity index (χ1n) is 11.3. The fourth-order valence-electron chi connectivity index (χ4n) is 4.64. The summed E-state index contributed by atoms with van der Waals surface area (Å²) in [5.41, 5.74) is 0.313. The second kappa shape index (κ2) is 9.70. The van der Waals surface area contributed by atoms with Crippen molar-refractivity contribution >= 4 is 29.4 Å². The molecule has 3 amide bonds. The summed E-state index contributed by atoms with van der Waals surface area (Å²) in [6.45, 7) is 3.96. The third kappa shape index (κ3) is 4.94. The van der Waals surface area contributed by atoms with E-state index in [9.17, 15) is 18.8 Å². The van der Waals surface area contributed by atoms with E-state index < -0.39 is 18.0 Å². The second-order valence-corrected chi connectivity index (χ2v) is 8.70. The Labute approximate surface area is 186 Å². The van der Waals surface area contributed by atoms with Gasteiger partial charge in [-0.2, -0.15) is 0 Å². The van der Waals surface area contributed by atoms with Gasteiger partial charge in [-0.25, -0.2) is 14.2 Å². The summed E-state index contributed by atoms with van der Waals surface area (Å²) in [7, 11) is 0. The molecule has 1 N–H and O–H groups in total. The lowest BCUT2D eigenvalue weighted by Gasteiger charge is -2.37. The highest BCUT2D eigenvalue weighted by Crippen LogP contribution is 2.28. The molecule has 1 aromatic rings. The zero-order chi connectivity index (χ0) is 22.7. The maximum absolute atomic E-state index is 14.9. The minimum absolute atomic E-state index is 0.138. The third-order valence-corrected chi connectivity index (χ3v) is 6.42. The number of hydrogen-bond donors (Lipinski definition) is 1. The van der Waals surface area contributed by atoms with Crippen molar-refractivity contribution in [2.45, 2.75) is 45.1 Å². The van der Waals surface area contributed by atoms with Crippen LogP contribution in [0.5, 0.6) is 0 Å². The van der Waals surface area contributed by atoms with Crippen LogP contribution < -0.4 is 15.1 Å². The van der Waals surface area contributed by atoms with E-state index in [-0.39, 0.29) is 36.6 Å². The number of halogens is 1. The van der Waals surface area contributed by atoms with Crippen LogP contribution in [0, 0.1) is 11.7 Å².